The minimum Gasteiger partial charge on any atom is -0.423 e. The van der Waals surface area contributed by atoms with Crippen molar-refractivity contribution in [3.8, 4) is 0 Å². The zero-order chi connectivity index (χ0) is 12.5. The van der Waals surface area contributed by atoms with E-state index in [9.17, 15) is 9.82 Å². The van der Waals surface area contributed by atoms with E-state index in [1.54, 1.807) is 24.3 Å². The van der Waals surface area contributed by atoms with Crippen LogP contribution in [0.25, 0.3) is 0 Å². The Labute approximate surface area is 101 Å². The van der Waals surface area contributed by atoms with Crippen LogP contribution in [0, 0.1) is 0 Å². The molecule has 0 aliphatic carbocycles. The maximum atomic E-state index is 10.4. The van der Waals surface area contributed by atoms with E-state index in [1.807, 2.05) is 0 Å². The van der Waals surface area contributed by atoms with E-state index in [1.165, 1.54) is 0 Å². The summed E-state index contributed by atoms with van der Waals surface area (Å²) in [5, 5.41) is 21.1. The minimum absolute atomic E-state index is 0.0791. The van der Waals surface area contributed by atoms with E-state index in [0.29, 0.717) is 30.7 Å². The second-order valence-electron chi connectivity index (χ2n) is 3.48. The van der Waals surface area contributed by atoms with Gasteiger partial charge in [-0.15, -0.1) is 0 Å². The first kappa shape index (κ1) is 13.9. The number of carbonyl (C=O) groups is 1. The highest BCUT2D eigenvalue weighted by atomic mass is 16.5. The third kappa shape index (κ3) is 5.10. The van der Waals surface area contributed by atoms with Gasteiger partial charge in [0.15, 0.2) is 0 Å². The maximum absolute atomic E-state index is 10.4. The van der Waals surface area contributed by atoms with Gasteiger partial charge in [-0.3, -0.25) is 4.79 Å². The molecule has 0 fully saturated rings. The molecule has 0 spiro atoms. The summed E-state index contributed by atoms with van der Waals surface area (Å²) >= 11 is 0. The van der Waals surface area contributed by atoms with Gasteiger partial charge in [0.25, 0.3) is 0 Å². The van der Waals surface area contributed by atoms with Crippen molar-refractivity contribution in [2.45, 2.75) is 0 Å². The fraction of sp³-hybridized carbons (Fsp3) is 0.364. The maximum Gasteiger partial charge on any atom is 0.491 e. The number of carbonyl (C=O) groups excluding carboxylic acids is 1. The van der Waals surface area contributed by atoms with Crippen LogP contribution >= 0.6 is 0 Å². The Kier molecular flexibility index (Phi) is 6.50. The second kappa shape index (κ2) is 7.97. The highest BCUT2D eigenvalue weighted by Crippen LogP contribution is 1.94. The summed E-state index contributed by atoms with van der Waals surface area (Å²) in [5.41, 5.74) is 1.17. The molecule has 0 radical (unpaired) electrons. The van der Waals surface area contributed by atoms with E-state index in [-0.39, 0.29) is 6.61 Å². The summed E-state index contributed by atoms with van der Waals surface area (Å²) in [6.45, 7) is 1.49. The van der Waals surface area contributed by atoms with E-state index < -0.39 is 7.12 Å². The topological polar surface area (TPSA) is 78.8 Å². The number of aliphatic hydroxyl groups is 1. The van der Waals surface area contributed by atoms with Crippen LogP contribution in [0.5, 0.6) is 0 Å². The van der Waals surface area contributed by atoms with Crippen molar-refractivity contribution < 1.29 is 19.6 Å². The largest absolute Gasteiger partial charge is 0.491 e. The molecule has 92 valence electrons. The monoisotopic (exact) mass is 237 g/mol. The van der Waals surface area contributed by atoms with Crippen LogP contribution in [-0.2, 0) is 4.65 Å². The van der Waals surface area contributed by atoms with Crippen LogP contribution in [0.2, 0.25) is 0 Å². The van der Waals surface area contributed by atoms with Gasteiger partial charge in [-0.1, -0.05) is 24.3 Å². The number of hydrogen-bond acceptors (Lipinski definition) is 5. The lowest BCUT2D eigenvalue weighted by molar-refractivity contribution is 0.112. The molecule has 6 heteroatoms. The predicted molar refractivity (Wildman–Crippen MR) is 65.3 cm³/mol. The number of aliphatic hydroxyl groups excluding tert-OH is 1. The molecule has 0 aliphatic rings. The summed E-state index contributed by atoms with van der Waals surface area (Å²) in [6, 6.07) is 6.54. The Morgan fingerprint density at radius 3 is 2.59 bits per heavy atom. The summed E-state index contributed by atoms with van der Waals surface area (Å²) in [7, 11) is -0.994. The molecular weight excluding hydrogens is 221 g/mol. The second-order valence-corrected chi connectivity index (χ2v) is 3.48. The van der Waals surface area contributed by atoms with Crippen molar-refractivity contribution in [2.24, 2.45) is 0 Å². The first-order valence-electron chi connectivity index (χ1n) is 5.44. The molecule has 0 amide bonds. The fourth-order valence-electron chi connectivity index (χ4n) is 1.28. The van der Waals surface area contributed by atoms with Gasteiger partial charge in [0, 0.05) is 25.3 Å². The van der Waals surface area contributed by atoms with Crippen molar-refractivity contribution in [2.75, 3.05) is 26.3 Å². The van der Waals surface area contributed by atoms with Crippen molar-refractivity contribution in [1.29, 1.82) is 0 Å². The van der Waals surface area contributed by atoms with E-state index >= 15 is 0 Å². The Bertz CT molecular complexity index is 331. The Hall–Kier alpha value is -1.21. The third-order valence-electron chi connectivity index (χ3n) is 2.20. The molecule has 0 unspecified atom stereocenters. The molecule has 0 aliphatic heterocycles. The Morgan fingerprint density at radius 1 is 1.29 bits per heavy atom. The van der Waals surface area contributed by atoms with Gasteiger partial charge in [0.1, 0.15) is 6.29 Å². The van der Waals surface area contributed by atoms with Gasteiger partial charge in [-0.25, -0.2) is 0 Å². The van der Waals surface area contributed by atoms with Gasteiger partial charge < -0.3 is 20.1 Å². The molecule has 0 bridgehead atoms. The molecule has 5 nitrogen and oxygen atoms in total. The standard InChI is InChI=1S/C11H16BNO4/c14-7-5-13-6-8-17-12(16)11-3-1-10(9-15)2-4-11/h1-4,9,13-14,16H,5-8H2. The highest BCUT2D eigenvalue weighted by molar-refractivity contribution is 6.59. The van der Waals surface area contributed by atoms with Crippen molar-refractivity contribution in [3.63, 3.8) is 0 Å². The Morgan fingerprint density at radius 2 is 2.00 bits per heavy atom. The lowest BCUT2D eigenvalue weighted by atomic mass is 9.79. The lowest BCUT2D eigenvalue weighted by Crippen LogP contribution is -2.36. The minimum atomic E-state index is -0.994. The summed E-state index contributed by atoms with van der Waals surface area (Å²) in [4.78, 5) is 10.4. The SMILES string of the molecule is O=Cc1ccc(B(O)OCCNCCO)cc1. The number of nitrogens with one attached hydrogen (secondary N) is 1. The molecule has 1 aromatic carbocycles. The molecule has 0 heterocycles. The van der Waals surface area contributed by atoms with Crippen LogP contribution in [0.1, 0.15) is 10.4 Å². The molecule has 1 rings (SSSR count). The van der Waals surface area contributed by atoms with Gasteiger partial charge >= 0.3 is 7.12 Å². The molecule has 0 atom stereocenters. The van der Waals surface area contributed by atoms with Crippen molar-refractivity contribution in [3.05, 3.63) is 29.8 Å². The fourth-order valence-corrected chi connectivity index (χ4v) is 1.28. The van der Waals surface area contributed by atoms with Gasteiger partial charge in [0.05, 0.1) is 6.61 Å². The van der Waals surface area contributed by atoms with E-state index in [0.717, 1.165) is 6.29 Å². The van der Waals surface area contributed by atoms with Crippen LogP contribution < -0.4 is 10.8 Å². The quantitative estimate of drug-likeness (QED) is 0.300. The number of rotatable bonds is 8. The van der Waals surface area contributed by atoms with Crippen LogP contribution in [0.4, 0.5) is 0 Å². The zero-order valence-electron chi connectivity index (χ0n) is 9.50. The predicted octanol–water partition coefficient (Wildman–Crippen LogP) is -1.21. The molecule has 0 saturated carbocycles. The number of benzene rings is 1. The normalized spacial score (nSPS) is 10.2. The number of aldehydes is 1. The summed E-state index contributed by atoms with van der Waals surface area (Å²) in [5.74, 6) is 0. The molecule has 0 aromatic heterocycles. The van der Waals surface area contributed by atoms with E-state index in [4.69, 9.17) is 9.76 Å². The van der Waals surface area contributed by atoms with E-state index in [2.05, 4.69) is 5.32 Å². The van der Waals surface area contributed by atoms with Crippen molar-refractivity contribution >= 4 is 18.9 Å². The number of hydrogen-bond donors (Lipinski definition) is 3. The van der Waals surface area contributed by atoms with Crippen LogP contribution in [0.3, 0.4) is 0 Å². The molecular formula is C11H16BNO4. The molecule has 17 heavy (non-hydrogen) atoms. The highest BCUT2D eigenvalue weighted by Gasteiger charge is 2.15. The zero-order valence-corrected chi connectivity index (χ0v) is 9.50. The average molecular weight is 237 g/mol. The van der Waals surface area contributed by atoms with Crippen LogP contribution in [0.15, 0.2) is 24.3 Å². The van der Waals surface area contributed by atoms with Crippen LogP contribution in [-0.4, -0.2) is 49.8 Å². The molecule has 3 N–H and O–H groups in total. The first-order chi connectivity index (χ1) is 8.27. The van der Waals surface area contributed by atoms with Gasteiger partial charge in [-0.05, 0) is 5.46 Å². The summed E-state index contributed by atoms with van der Waals surface area (Å²) < 4.78 is 5.17. The van der Waals surface area contributed by atoms with Crippen molar-refractivity contribution in [1.82, 2.24) is 5.32 Å². The first-order valence-corrected chi connectivity index (χ1v) is 5.44. The third-order valence-corrected chi connectivity index (χ3v) is 2.20. The molecule has 0 saturated heterocycles. The Balaban J connectivity index is 2.30. The summed E-state index contributed by atoms with van der Waals surface area (Å²) in [6.07, 6.45) is 0.746. The smallest absolute Gasteiger partial charge is 0.423 e. The van der Waals surface area contributed by atoms with Gasteiger partial charge in [-0.2, -0.15) is 0 Å². The average Bonchev–Trinajstić information content (AvgIpc) is 2.38. The molecule has 1 aromatic rings. The van der Waals surface area contributed by atoms with Gasteiger partial charge in [0.2, 0.25) is 0 Å². The lowest BCUT2D eigenvalue weighted by Gasteiger charge is -2.08.